The highest BCUT2D eigenvalue weighted by molar-refractivity contribution is 6.30. The maximum atomic E-state index is 14.0. The Hall–Kier alpha value is -2.89. The van der Waals surface area contributed by atoms with Crippen LogP contribution in [0.1, 0.15) is 62.8 Å². The number of nitrogens with zero attached hydrogens (tertiary/aromatic N) is 2. The molecule has 1 amide bonds. The maximum absolute atomic E-state index is 14.0. The lowest BCUT2D eigenvalue weighted by Crippen LogP contribution is -2.51. The molecule has 0 radical (unpaired) electrons. The summed E-state index contributed by atoms with van der Waals surface area (Å²) < 4.78 is 57.8. The topological polar surface area (TPSA) is 98.2 Å². The molecule has 12 heteroatoms. The fourth-order valence-corrected chi connectivity index (χ4v) is 6.06. The number of carboxylic acid groups (broad SMARTS) is 1. The van der Waals surface area contributed by atoms with Crippen molar-refractivity contribution in [2.45, 2.75) is 77.1 Å². The number of carboxylic acids is 1. The fourth-order valence-electron chi connectivity index (χ4n) is 5.86. The standard InChI is InChI=1S/C29H34ClF3N2O6/c1-28(2,3)21-23(27(37)38)35(26(36)20-10-5-6-11-40-20)22(16-8-7-9-19(30)13-16)24(21)41-15-17-12-18(29(31,32)33)14-34-25(17)39-4/h7-9,12-14,20-24H,5-6,10-11,15H2,1-4H3,(H,37,38)/t20-,21-,22+,23+,24+/m1/s1. The van der Waals surface area contributed by atoms with Gasteiger partial charge in [-0.2, -0.15) is 13.2 Å². The number of amides is 1. The van der Waals surface area contributed by atoms with E-state index in [-0.39, 0.29) is 18.1 Å². The zero-order chi connectivity index (χ0) is 30.1. The van der Waals surface area contributed by atoms with Gasteiger partial charge in [0.2, 0.25) is 5.88 Å². The maximum Gasteiger partial charge on any atom is 0.417 e. The van der Waals surface area contributed by atoms with Crippen LogP contribution in [-0.2, 0) is 31.8 Å². The summed E-state index contributed by atoms with van der Waals surface area (Å²) in [6.07, 6.45) is -3.72. The van der Waals surface area contributed by atoms with Crippen LogP contribution in [0.15, 0.2) is 36.5 Å². The van der Waals surface area contributed by atoms with Crippen LogP contribution in [0.5, 0.6) is 5.88 Å². The SMILES string of the molecule is COc1ncc(C(F)(F)F)cc1CO[C@H]1[C@H](C(C)(C)C)[C@@H](C(=O)O)N(C(=O)[C@H]2CCCCO2)[C@H]1c1cccc(Cl)c1. The van der Waals surface area contributed by atoms with E-state index in [1.807, 2.05) is 20.8 Å². The van der Waals surface area contributed by atoms with E-state index in [4.69, 9.17) is 25.8 Å². The van der Waals surface area contributed by atoms with Crippen LogP contribution in [0.3, 0.4) is 0 Å². The Labute approximate surface area is 241 Å². The van der Waals surface area contributed by atoms with Crippen molar-refractivity contribution in [1.29, 1.82) is 0 Å². The van der Waals surface area contributed by atoms with Crippen molar-refractivity contribution in [1.82, 2.24) is 9.88 Å². The van der Waals surface area contributed by atoms with Gasteiger partial charge in [0.1, 0.15) is 12.1 Å². The first kappa shape index (κ1) is 31.1. The Morgan fingerprint density at radius 2 is 1.93 bits per heavy atom. The van der Waals surface area contributed by atoms with Gasteiger partial charge >= 0.3 is 12.1 Å². The van der Waals surface area contributed by atoms with Crippen LogP contribution in [0.2, 0.25) is 5.02 Å². The number of benzene rings is 1. The smallest absolute Gasteiger partial charge is 0.417 e. The summed E-state index contributed by atoms with van der Waals surface area (Å²) in [5, 5.41) is 10.9. The number of halogens is 4. The Morgan fingerprint density at radius 1 is 1.20 bits per heavy atom. The van der Waals surface area contributed by atoms with Crippen molar-refractivity contribution in [2.75, 3.05) is 13.7 Å². The summed E-state index contributed by atoms with van der Waals surface area (Å²) in [7, 11) is 1.28. The molecule has 0 bridgehead atoms. The number of hydrogen-bond acceptors (Lipinski definition) is 6. The van der Waals surface area contributed by atoms with Crippen LogP contribution in [0.4, 0.5) is 13.2 Å². The lowest BCUT2D eigenvalue weighted by molar-refractivity contribution is -0.159. The molecule has 41 heavy (non-hydrogen) atoms. The van der Waals surface area contributed by atoms with Gasteiger partial charge in [-0.3, -0.25) is 4.79 Å². The summed E-state index contributed by atoms with van der Waals surface area (Å²) in [4.78, 5) is 32.1. The van der Waals surface area contributed by atoms with Gasteiger partial charge in [-0.1, -0.05) is 44.5 Å². The largest absolute Gasteiger partial charge is 0.481 e. The van der Waals surface area contributed by atoms with E-state index in [2.05, 4.69) is 4.98 Å². The lowest BCUT2D eigenvalue weighted by Gasteiger charge is -2.35. The predicted octanol–water partition coefficient (Wildman–Crippen LogP) is 5.92. The molecule has 0 spiro atoms. The third-order valence-corrected chi connectivity index (χ3v) is 7.87. The molecule has 8 nitrogen and oxygen atoms in total. The zero-order valence-electron chi connectivity index (χ0n) is 23.3. The van der Waals surface area contributed by atoms with Gasteiger partial charge in [0.25, 0.3) is 5.91 Å². The number of aromatic nitrogens is 1. The molecule has 1 aromatic carbocycles. The zero-order valence-corrected chi connectivity index (χ0v) is 24.0. The monoisotopic (exact) mass is 598 g/mol. The molecule has 224 valence electrons. The minimum absolute atomic E-state index is 0.0343. The molecule has 2 aliphatic rings. The number of alkyl halides is 3. The number of likely N-dealkylation sites (tertiary alicyclic amines) is 1. The van der Waals surface area contributed by atoms with Gasteiger partial charge in [-0.05, 0) is 48.4 Å². The summed E-state index contributed by atoms with van der Waals surface area (Å²) in [5.74, 6) is -2.51. The third-order valence-electron chi connectivity index (χ3n) is 7.63. The van der Waals surface area contributed by atoms with E-state index >= 15 is 0 Å². The number of rotatable bonds is 7. The number of aliphatic carboxylic acids is 1. The Balaban J connectivity index is 1.83. The molecule has 2 fully saturated rings. The first-order chi connectivity index (χ1) is 19.2. The van der Waals surface area contributed by atoms with Gasteiger partial charge in [0.05, 0.1) is 31.4 Å². The van der Waals surface area contributed by atoms with E-state index in [1.54, 1.807) is 24.3 Å². The summed E-state index contributed by atoms with van der Waals surface area (Å²) in [5.41, 5.74) is -1.11. The van der Waals surface area contributed by atoms with Gasteiger partial charge in [0.15, 0.2) is 0 Å². The van der Waals surface area contributed by atoms with Gasteiger partial charge in [-0.25, -0.2) is 9.78 Å². The molecule has 0 unspecified atom stereocenters. The normalized spacial score (nSPS) is 25.3. The molecule has 2 aromatic rings. The third kappa shape index (κ3) is 6.62. The van der Waals surface area contributed by atoms with E-state index in [9.17, 15) is 27.9 Å². The lowest BCUT2D eigenvalue weighted by atomic mass is 9.73. The highest BCUT2D eigenvalue weighted by Gasteiger charge is 2.59. The molecule has 0 aliphatic carbocycles. The van der Waals surface area contributed by atoms with Gasteiger partial charge < -0.3 is 24.2 Å². The number of carbonyl (C=O) groups excluding carboxylic acids is 1. The molecular formula is C29H34ClF3N2O6. The van der Waals surface area contributed by atoms with Crippen LogP contribution in [-0.4, -0.2) is 58.8 Å². The Morgan fingerprint density at radius 3 is 2.49 bits per heavy atom. The van der Waals surface area contributed by atoms with E-state index < -0.39 is 59.2 Å². The predicted molar refractivity (Wildman–Crippen MR) is 143 cm³/mol. The molecule has 0 saturated carbocycles. The minimum Gasteiger partial charge on any atom is -0.481 e. The highest BCUT2D eigenvalue weighted by Crippen LogP contribution is 2.50. The second kappa shape index (κ2) is 12.1. The van der Waals surface area contributed by atoms with Crippen molar-refractivity contribution in [3.8, 4) is 5.88 Å². The van der Waals surface area contributed by atoms with E-state index in [0.717, 1.165) is 18.9 Å². The first-order valence-corrected chi connectivity index (χ1v) is 13.8. The molecule has 4 rings (SSSR count). The average molecular weight is 599 g/mol. The average Bonchev–Trinajstić information content (AvgIpc) is 3.27. The second-order valence-electron chi connectivity index (χ2n) is 11.4. The molecular weight excluding hydrogens is 565 g/mol. The summed E-state index contributed by atoms with van der Waals surface area (Å²) in [6, 6.07) is 5.39. The van der Waals surface area contributed by atoms with Gasteiger partial charge in [-0.15, -0.1) is 0 Å². The Bertz CT molecular complexity index is 1260. The fraction of sp³-hybridized carbons (Fsp3) is 0.552. The number of ether oxygens (including phenoxy) is 3. The van der Waals surface area contributed by atoms with Gasteiger partial charge in [0, 0.05) is 29.3 Å². The molecule has 3 heterocycles. The van der Waals surface area contributed by atoms with E-state index in [0.29, 0.717) is 29.8 Å². The number of hydrogen-bond donors (Lipinski definition) is 1. The summed E-state index contributed by atoms with van der Waals surface area (Å²) in [6.45, 7) is 5.54. The van der Waals surface area contributed by atoms with Crippen molar-refractivity contribution < 1.29 is 42.1 Å². The van der Waals surface area contributed by atoms with Crippen molar-refractivity contribution >= 4 is 23.5 Å². The summed E-state index contributed by atoms with van der Waals surface area (Å²) >= 11 is 6.33. The number of carbonyl (C=O) groups is 2. The first-order valence-electron chi connectivity index (χ1n) is 13.4. The quantitative estimate of drug-likeness (QED) is 0.423. The van der Waals surface area contributed by atoms with E-state index in [1.165, 1.54) is 12.0 Å². The molecule has 1 N–H and O–H groups in total. The van der Waals surface area contributed by atoms with Crippen LogP contribution in [0, 0.1) is 11.3 Å². The van der Waals surface area contributed by atoms with Crippen LogP contribution >= 0.6 is 11.6 Å². The van der Waals surface area contributed by atoms with Crippen molar-refractivity contribution in [3.05, 3.63) is 58.2 Å². The van der Waals surface area contributed by atoms with Crippen molar-refractivity contribution in [3.63, 3.8) is 0 Å². The number of methoxy groups -OCH3 is 1. The van der Waals surface area contributed by atoms with Crippen molar-refractivity contribution in [2.24, 2.45) is 11.3 Å². The molecule has 2 aliphatic heterocycles. The molecule has 2 saturated heterocycles. The number of pyridine rings is 1. The minimum atomic E-state index is -4.64. The second-order valence-corrected chi connectivity index (χ2v) is 11.9. The Kier molecular flexibility index (Phi) is 9.20. The molecule has 5 atom stereocenters. The molecule has 1 aromatic heterocycles. The van der Waals surface area contributed by atoms with Crippen LogP contribution in [0.25, 0.3) is 0 Å². The highest BCUT2D eigenvalue weighted by atomic mass is 35.5. The van der Waals surface area contributed by atoms with Crippen LogP contribution < -0.4 is 4.74 Å².